The van der Waals surface area contributed by atoms with Gasteiger partial charge in [-0.15, -0.1) is 0 Å². The van der Waals surface area contributed by atoms with Gasteiger partial charge in [0.2, 0.25) is 6.29 Å². The zero-order valence-corrected chi connectivity index (χ0v) is 54.6. The van der Waals surface area contributed by atoms with Crippen LogP contribution in [0.3, 0.4) is 0 Å². The Morgan fingerprint density at radius 1 is 0.511 bits per heavy atom. The molecule has 30 heteroatoms. The van der Waals surface area contributed by atoms with Crippen molar-refractivity contribution in [3.8, 4) is 0 Å². The number of rotatable bonds is 15. The number of fused-ring (bicyclic) bond motifs is 7. The van der Waals surface area contributed by atoms with E-state index >= 15 is 4.79 Å². The van der Waals surface area contributed by atoms with E-state index < -0.39 is 220 Å². The molecular weight excluding hydrogens is 1250 g/mol. The van der Waals surface area contributed by atoms with E-state index in [-0.39, 0.29) is 47.2 Å². The van der Waals surface area contributed by atoms with Crippen LogP contribution in [0.4, 0.5) is 0 Å². The molecule has 30 nitrogen and oxygen atoms in total. The zero-order chi connectivity index (χ0) is 68.4. The van der Waals surface area contributed by atoms with Gasteiger partial charge < -0.3 is 144 Å². The second kappa shape index (κ2) is 27.5. The highest BCUT2D eigenvalue weighted by molar-refractivity contribution is 5.79. The fraction of sp³-hybridized carbons (Fsp3) is 0.953. The van der Waals surface area contributed by atoms with Crippen LogP contribution in [0.1, 0.15) is 120 Å². The number of carbonyl (C=O) groups excluding carboxylic acids is 1. The number of hydrogen-bond acceptors (Lipinski definition) is 30. The minimum Gasteiger partial charge on any atom is -0.432 e. The largest absolute Gasteiger partial charge is 0.432 e. The van der Waals surface area contributed by atoms with Crippen LogP contribution in [0, 0.1) is 50.2 Å². The third-order valence-corrected chi connectivity index (χ3v) is 24.9. The van der Waals surface area contributed by atoms with Crippen LogP contribution in [0.15, 0.2) is 11.6 Å². The average molecular weight is 1350 g/mol. The van der Waals surface area contributed by atoms with E-state index in [1.54, 1.807) is 0 Å². The molecule has 37 atom stereocenters. The zero-order valence-electron chi connectivity index (χ0n) is 54.6. The molecule has 540 valence electrons. The lowest BCUT2D eigenvalue weighted by molar-refractivity contribution is -0.379. The number of allylic oxidation sites excluding steroid dienone is 2. The van der Waals surface area contributed by atoms with Crippen molar-refractivity contribution in [1.29, 1.82) is 0 Å². The Labute approximate surface area is 545 Å². The smallest absolute Gasteiger partial charge is 0.315 e. The second-order valence-electron chi connectivity index (χ2n) is 30.8. The van der Waals surface area contributed by atoms with Crippen molar-refractivity contribution in [2.24, 2.45) is 50.2 Å². The van der Waals surface area contributed by atoms with E-state index in [9.17, 15) is 86.8 Å². The molecule has 0 bridgehead atoms. The lowest BCUT2D eigenvalue weighted by atomic mass is 9.33. The van der Waals surface area contributed by atoms with Crippen molar-refractivity contribution >= 4 is 5.97 Å². The van der Waals surface area contributed by atoms with Gasteiger partial charge in [-0.3, -0.25) is 4.79 Å². The lowest BCUT2D eigenvalue weighted by Gasteiger charge is -2.71. The normalized spacial score (nSPS) is 55.3. The van der Waals surface area contributed by atoms with Crippen LogP contribution < -0.4 is 0 Å². The van der Waals surface area contributed by atoms with Gasteiger partial charge in [-0.25, -0.2) is 0 Å². The quantitative estimate of drug-likeness (QED) is 0.0421. The fourth-order valence-corrected chi connectivity index (χ4v) is 18.7. The van der Waals surface area contributed by atoms with E-state index in [4.69, 9.17) is 56.8 Å². The second-order valence-corrected chi connectivity index (χ2v) is 30.8. The number of aliphatic hydroxyl groups is 17. The molecule has 6 heterocycles. The topological polar surface area (TPSA) is 472 Å². The first-order valence-electron chi connectivity index (χ1n) is 33.5. The predicted octanol–water partition coefficient (Wildman–Crippen LogP) is -4.08. The molecule has 0 amide bonds. The summed E-state index contributed by atoms with van der Waals surface area (Å²) in [5.41, 5.74) is -2.22. The van der Waals surface area contributed by atoms with Crippen LogP contribution in [-0.4, -0.2) is 304 Å². The van der Waals surface area contributed by atoms with Crippen molar-refractivity contribution in [2.45, 2.75) is 298 Å². The van der Waals surface area contributed by atoms with Gasteiger partial charge >= 0.3 is 5.97 Å². The van der Waals surface area contributed by atoms with E-state index in [0.717, 1.165) is 12.0 Å². The van der Waals surface area contributed by atoms with Gasteiger partial charge in [0, 0.05) is 5.41 Å². The molecule has 0 unspecified atom stereocenters. The molecule has 17 N–H and O–H groups in total. The van der Waals surface area contributed by atoms with Crippen LogP contribution in [-0.2, 0) is 61.6 Å². The summed E-state index contributed by atoms with van der Waals surface area (Å²) in [5, 5.41) is 185. The van der Waals surface area contributed by atoms with Gasteiger partial charge in [0.25, 0.3) is 0 Å². The molecule has 0 aromatic rings. The maximum Gasteiger partial charge on any atom is 0.315 e. The molecule has 0 radical (unpaired) electrons. The van der Waals surface area contributed by atoms with Crippen LogP contribution >= 0.6 is 0 Å². The number of esters is 1. The molecule has 0 spiro atoms. The van der Waals surface area contributed by atoms with Crippen LogP contribution in [0.5, 0.6) is 0 Å². The first-order valence-corrected chi connectivity index (χ1v) is 33.5. The number of hydrogen-bond donors (Lipinski definition) is 17. The standard InChI is InChI=1S/C64H104O30/c1-25-36(69)41(74)45(78)54(86-25)91-49-31(20-65)88-52(47(80)43(49)76)85-23-32-40(73)42(75)46(79)55(89-32)94-58(82)64-17-15-59(3,4)19-28(64)27-9-10-34-60(5)13-12-35(61(6,24-66)33(60)11-14-63(34,8)62(27,7)16-18-64)90-57-51(39(72)30(68)22-84-57)93-56-48(81)50(37(70)26(2)87-56)92-53-44(77)38(71)29(67)21-83-53/h9,25-26,28-57,65-81H,10-24H2,1-8H3/t25-,26-,28-,29-,30-,31+,32+,33+,34+,35-,36-,37-,38-,39-,40+,41+,42-,43+,44+,45+,46+,47+,48+,49+,50+,51+,52+,53-,54-,55-,56-,57-,60-,61-,62+,63+,64-/m0/s1. The number of carbonyl (C=O) groups is 1. The summed E-state index contributed by atoms with van der Waals surface area (Å²) in [4.78, 5) is 15.3. The third kappa shape index (κ3) is 12.5. The van der Waals surface area contributed by atoms with E-state index in [2.05, 4.69) is 40.7 Å². The number of aliphatic hydroxyl groups excluding tert-OH is 17. The van der Waals surface area contributed by atoms with Gasteiger partial charge in [0.05, 0.1) is 56.8 Å². The molecule has 4 saturated carbocycles. The summed E-state index contributed by atoms with van der Waals surface area (Å²) in [5.74, 6) is -1.01. The minimum absolute atomic E-state index is 0.0747. The third-order valence-electron chi connectivity index (χ3n) is 24.9. The molecule has 6 saturated heterocycles. The summed E-state index contributed by atoms with van der Waals surface area (Å²) >= 11 is 0. The van der Waals surface area contributed by atoms with Crippen LogP contribution in [0.2, 0.25) is 0 Å². The van der Waals surface area contributed by atoms with Crippen molar-refractivity contribution in [3.63, 3.8) is 0 Å². The molecule has 11 rings (SSSR count). The average Bonchev–Trinajstić information content (AvgIpc) is 0.676. The van der Waals surface area contributed by atoms with Crippen molar-refractivity contribution < 1.29 is 148 Å². The Morgan fingerprint density at radius 3 is 1.77 bits per heavy atom. The van der Waals surface area contributed by atoms with Gasteiger partial charge in [0.15, 0.2) is 31.5 Å². The lowest BCUT2D eigenvalue weighted by Crippen LogP contribution is -2.67. The summed E-state index contributed by atoms with van der Waals surface area (Å²) in [6.45, 7) is 13.7. The Morgan fingerprint density at radius 2 is 1.09 bits per heavy atom. The predicted molar refractivity (Wildman–Crippen MR) is 315 cm³/mol. The van der Waals surface area contributed by atoms with E-state index in [0.29, 0.717) is 57.8 Å². The van der Waals surface area contributed by atoms with E-state index in [1.807, 2.05) is 6.92 Å². The maximum atomic E-state index is 15.3. The Kier molecular flexibility index (Phi) is 21.4. The molecule has 10 fully saturated rings. The van der Waals surface area contributed by atoms with Gasteiger partial charge in [-0.05, 0) is 117 Å². The first-order chi connectivity index (χ1) is 44.1. The molecule has 94 heavy (non-hydrogen) atoms. The van der Waals surface area contributed by atoms with Crippen molar-refractivity contribution in [2.75, 3.05) is 33.0 Å². The summed E-state index contributed by atoms with van der Waals surface area (Å²) in [6, 6.07) is 0. The Bertz CT molecular complexity index is 2640. The summed E-state index contributed by atoms with van der Waals surface area (Å²) < 4.78 is 71.3. The van der Waals surface area contributed by atoms with Crippen molar-refractivity contribution in [1.82, 2.24) is 0 Å². The molecule has 6 aliphatic heterocycles. The van der Waals surface area contributed by atoms with Gasteiger partial charge in [-0.2, -0.15) is 0 Å². The number of ether oxygens (including phenoxy) is 12. The molecule has 0 aromatic carbocycles. The molecule has 11 aliphatic rings. The maximum absolute atomic E-state index is 15.3. The molecule has 5 aliphatic carbocycles. The van der Waals surface area contributed by atoms with E-state index in [1.165, 1.54) is 13.8 Å². The van der Waals surface area contributed by atoms with Gasteiger partial charge in [-0.1, -0.05) is 53.2 Å². The highest BCUT2D eigenvalue weighted by Crippen LogP contribution is 2.76. The van der Waals surface area contributed by atoms with Crippen LogP contribution in [0.25, 0.3) is 0 Å². The summed E-state index contributed by atoms with van der Waals surface area (Å²) in [6.07, 6.45) is -37.4. The monoisotopic (exact) mass is 1350 g/mol. The Balaban J connectivity index is 0.771. The SMILES string of the molecule is C[C@@H]1O[C@@H](O[C@H]2[C@H](O)[C@@H](O)[C@H](OC[C@H]3O[C@@H](OC(=O)[C@]45CCC(C)(C)C[C@H]4C4=CC[C@@H]6[C@@]7(C)CC[C@H](O[C@@H]8OC[C@H](O)[C@H](O)[C@H]8O[C@@H]8O[C@@H](C)[C@H](O)[C@@H](O[C@@H]9OC[C@H](O)[C@H](O)[C@H]9O)[C@H]8O)[C@@](C)(CO)[C@@H]7CC[C@@]6(C)[C@]4(C)CC5)[C@H](O)[C@@H](O)[C@@H]3O)O[C@@H]2CO)[C@H](O)[C@H](O)[C@H]1O. The highest BCUT2D eigenvalue weighted by Gasteiger charge is 2.71. The minimum atomic E-state index is -1.92. The Hall–Kier alpha value is -1.91. The molecule has 0 aromatic heterocycles. The van der Waals surface area contributed by atoms with Crippen molar-refractivity contribution in [3.05, 3.63) is 11.6 Å². The first kappa shape index (κ1) is 73.3. The summed E-state index contributed by atoms with van der Waals surface area (Å²) in [7, 11) is 0. The van der Waals surface area contributed by atoms with Gasteiger partial charge in [0.1, 0.15) is 122 Å². The molecular formula is C64H104O30. The highest BCUT2D eigenvalue weighted by atomic mass is 16.8. The fourth-order valence-electron chi connectivity index (χ4n) is 18.7.